The predicted octanol–water partition coefficient (Wildman–Crippen LogP) is 3.88. The highest BCUT2D eigenvalue weighted by Gasteiger charge is 2.17. The second-order valence-electron chi connectivity index (χ2n) is 5.39. The average molecular weight is 281 g/mol. The number of hydrogen-bond acceptors (Lipinski definition) is 2. The monoisotopic (exact) mass is 281 g/mol. The highest BCUT2D eigenvalue weighted by molar-refractivity contribution is 5.86. The number of fused-ring (bicyclic) bond motifs is 1. The number of benzene rings is 2. The van der Waals surface area contributed by atoms with Gasteiger partial charge in [0, 0.05) is 10.9 Å². The van der Waals surface area contributed by atoms with Crippen LogP contribution in [0.5, 0.6) is 5.75 Å². The Bertz CT molecular complexity index is 772. The van der Waals surface area contributed by atoms with E-state index in [1.54, 1.807) is 7.11 Å². The van der Waals surface area contributed by atoms with Crippen LogP contribution in [-0.4, -0.2) is 17.2 Å². The summed E-state index contributed by atoms with van der Waals surface area (Å²) in [6.45, 7) is 4.06. The first-order valence-electron chi connectivity index (χ1n) is 7.01. The zero-order chi connectivity index (χ0) is 15.0. The lowest BCUT2D eigenvalue weighted by Crippen LogP contribution is -2.01. The number of aliphatic hydroxyl groups excluding tert-OH is 1. The van der Waals surface area contributed by atoms with Gasteiger partial charge < -0.3 is 14.8 Å². The molecule has 0 fully saturated rings. The number of aromatic nitrogens is 1. The van der Waals surface area contributed by atoms with Gasteiger partial charge in [-0.3, -0.25) is 0 Å². The molecule has 3 nitrogen and oxygen atoms in total. The smallest absolute Gasteiger partial charge is 0.119 e. The second kappa shape index (κ2) is 5.26. The van der Waals surface area contributed by atoms with Crippen LogP contribution in [0.2, 0.25) is 0 Å². The second-order valence-corrected chi connectivity index (χ2v) is 5.39. The summed E-state index contributed by atoms with van der Waals surface area (Å²) in [5, 5.41) is 11.7. The fourth-order valence-corrected chi connectivity index (χ4v) is 2.64. The molecule has 0 radical (unpaired) electrons. The molecule has 1 heterocycles. The van der Waals surface area contributed by atoms with E-state index < -0.39 is 6.10 Å². The summed E-state index contributed by atoms with van der Waals surface area (Å²) >= 11 is 0. The molecule has 108 valence electrons. The van der Waals surface area contributed by atoms with Gasteiger partial charge in [0.1, 0.15) is 11.9 Å². The van der Waals surface area contributed by atoms with Gasteiger partial charge in [0.2, 0.25) is 0 Å². The highest BCUT2D eigenvalue weighted by Crippen LogP contribution is 2.31. The molecule has 0 spiro atoms. The Labute approximate surface area is 124 Å². The Morgan fingerprint density at radius 2 is 1.76 bits per heavy atom. The van der Waals surface area contributed by atoms with E-state index in [1.165, 1.54) is 5.56 Å². The molecule has 0 aliphatic carbocycles. The van der Waals surface area contributed by atoms with Crippen molar-refractivity contribution in [3.63, 3.8) is 0 Å². The van der Waals surface area contributed by atoms with Gasteiger partial charge in [0.05, 0.1) is 12.8 Å². The fourth-order valence-electron chi connectivity index (χ4n) is 2.64. The first kappa shape index (κ1) is 13.7. The van der Waals surface area contributed by atoms with Crippen LogP contribution in [0.25, 0.3) is 10.9 Å². The number of H-pyrrole nitrogens is 1. The number of aliphatic hydroxyl groups is 1. The molecule has 1 unspecified atom stereocenters. The Balaban J connectivity index is 2.07. The maximum atomic E-state index is 10.6. The zero-order valence-electron chi connectivity index (χ0n) is 12.5. The summed E-state index contributed by atoms with van der Waals surface area (Å²) in [4.78, 5) is 3.32. The van der Waals surface area contributed by atoms with Crippen LogP contribution < -0.4 is 4.74 Å². The summed E-state index contributed by atoms with van der Waals surface area (Å²) in [5.41, 5.74) is 4.97. The third-order valence-corrected chi connectivity index (χ3v) is 3.97. The van der Waals surface area contributed by atoms with Gasteiger partial charge in [-0.1, -0.05) is 29.8 Å². The number of hydrogen-bond donors (Lipinski definition) is 2. The van der Waals surface area contributed by atoms with Crippen molar-refractivity contribution in [2.75, 3.05) is 7.11 Å². The number of methoxy groups -OCH3 is 1. The van der Waals surface area contributed by atoms with Crippen LogP contribution in [0.1, 0.15) is 28.5 Å². The van der Waals surface area contributed by atoms with Crippen molar-refractivity contribution in [1.29, 1.82) is 0 Å². The third-order valence-electron chi connectivity index (χ3n) is 3.97. The van der Waals surface area contributed by atoms with Crippen molar-refractivity contribution in [2.24, 2.45) is 0 Å². The first-order valence-corrected chi connectivity index (χ1v) is 7.01. The molecule has 21 heavy (non-hydrogen) atoms. The van der Waals surface area contributed by atoms with E-state index in [4.69, 9.17) is 4.74 Å². The van der Waals surface area contributed by atoms with Crippen LogP contribution in [-0.2, 0) is 0 Å². The summed E-state index contributed by atoms with van der Waals surface area (Å²) in [7, 11) is 1.66. The van der Waals surface area contributed by atoms with Crippen molar-refractivity contribution in [3.8, 4) is 5.75 Å². The molecule has 1 atom stereocenters. The van der Waals surface area contributed by atoms with E-state index in [9.17, 15) is 5.11 Å². The Morgan fingerprint density at radius 3 is 2.43 bits per heavy atom. The lowest BCUT2D eigenvalue weighted by Gasteiger charge is -2.11. The molecule has 2 aromatic carbocycles. The average Bonchev–Trinajstić information content (AvgIpc) is 2.84. The van der Waals surface area contributed by atoms with Gasteiger partial charge in [-0.25, -0.2) is 0 Å². The van der Waals surface area contributed by atoms with Gasteiger partial charge in [-0.05, 0) is 43.2 Å². The van der Waals surface area contributed by atoms with Crippen LogP contribution >= 0.6 is 0 Å². The molecule has 3 aromatic rings. The molecule has 3 heteroatoms. The molecule has 3 rings (SSSR count). The van der Waals surface area contributed by atoms with E-state index in [1.807, 2.05) is 56.3 Å². The number of rotatable bonds is 3. The minimum absolute atomic E-state index is 0.649. The topological polar surface area (TPSA) is 45.2 Å². The van der Waals surface area contributed by atoms with Gasteiger partial charge in [-0.2, -0.15) is 0 Å². The molecule has 0 amide bonds. The molecular formula is C18H19NO2. The summed E-state index contributed by atoms with van der Waals surface area (Å²) in [6.07, 6.45) is -0.649. The summed E-state index contributed by atoms with van der Waals surface area (Å²) in [5.74, 6) is 0.820. The van der Waals surface area contributed by atoms with E-state index in [-0.39, 0.29) is 0 Å². The van der Waals surface area contributed by atoms with Crippen LogP contribution in [0.15, 0.2) is 42.5 Å². The SMILES string of the molecule is COc1ccc2[nH]c(C(O)c3ccc(C)cc3)c(C)c2c1. The van der Waals surface area contributed by atoms with Crippen molar-refractivity contribution in [1.82, 2.24) is 4.98 Å². The van der Waals surface area contributed by atoms with Gasteiger partial charge in [-0.15, -0.1) is 0 Å². The van der Waals surface area contributed by atoms with E-state index in [0.717, 1.165) is 33.5 Å². The number of aromatic amines is 1. The standard InChI is InChI=1S/C18H19NO2/c1-11-4-6-13(7-5-11)18(20)17-12(2)15-10-14(21-3)8-9-16(15)19-17/h4-10,18-20H,1-3H3. The quantitative estimate of drug-likeness (QED) is 0.765. The van der Waals surface area contributed by atoms with Gasteiger partial charge in [0.25, 0.3) is 0 Å². The number of aryl methyl sites for hydroxylation is 2. The first-order chi connectivity index (χ1) is 10.1. The Hall–Kier alpha value is -2.26. The lowest BCUT2D eigenvalue weighted by molar-refractivity contribution is 0.215. The largest absolute Gasteiger partial charge is 0.497 e. The molecular weight excluding hydrogens is 262 g/mol. The molecule has 0 saturated heterocycles. The Morgan fingerprint density at radius 1 is 1.05 bits per heavy atom. The molecule has 0 bridgehead atoms. The number of nitrogens with one attached hydrogen (secondary N) is 1. The van der Waals surface area contributed by atoms with E-state index in [0.29, 0.717) is 0 Å². The maximum absolute atomic E-state index is 10.6. The minimum atomic E-state index is -0.649. The predicted molar refractivity (Wildman–Crippen MR) is 84.8 cm³/mol. The molecule has 0 aliphatic heterocycles. The molecule has 1 aromatic heterocycles. The normalized spacial score (nSPS) is 12.6. The van der Waals surface area contributed by atoms with Crippen molar-refractivity contribution in [2.45, 2.75) is 20.0 Å². The number of ether oxygens (including phenoxy) is 1. The summed E-state index contributed by atoms with van der Waals surface area (Å²) < 4.78 is 5.27. The van der Waals surface area contributed by atoms with Crippen molar-refractivity contribution in [3.05, 3.63) is 64.8 Å². The van der Waals surface area contributed by atoms with Crippen molar-refractivity contribution < 1.29 is 9.84 Å². The van der Waals surface area contributed by atoms with E-state index >= 15 is 0 Å². The van der Waals surface area contributed by atoms with Crippen molar-refractivity contribution >= 4 is 10.9 Å². The maximum Gasteiger partial charge on any atom is 0.119 e. The lowest BCUT2D eigenvalue weighted by atomic mass is 10.0. The third kappa shape index (κ3) is 2.41. The minimum Gasteiger partial charge on any atom is -0.497 e. The van der Waals surface area contributed by atoms with E-state index in [2.05, 4.69) is 4.98 Å². The molecule has 0 aliphatic rings. The Kier molecular flexibility index (Phi) is 3.43. The van der Waals surface area contributed by atoms with Gasteiger partial charge in [0.15, 0.2) is 0 Å². The van der Waals surface area contributed by atoms with Crippen LogP contribution in [0, 0.1) is 13.8 Å². The van der Waals surface area contributed by atoms with Crippen LogP contribution in [0.4, 0.5) is 0 Å². The molecule has 0 saturated carbocycles. The molecule has 2 N–H and O–H groups in total. The fraction of sp³-hybridized carbons (Fsp3) is 0.222. The summed E-state index contributed by atoms with van der Waals surface area (Å²) in [6, 6.07) is 13.8. The highest BCUT2D eigenvalue weighted by atomic mass is 16.5. The van der Waals surface area contributed by atoms with Crippen LogP contribution in [0.3, 0.4) is 0 Å². The zero-order valence-corrected chi connectivity index (χ0v) is 12.5. The van der Waals surface area contributed by atoms with Gasteiger partial charge >= 0.3 is 0 Å².